The first-order valence-corrected chi connectivity index (χ1v) is 7.71. The smallest absolute Gasteiger partial charge is 0.274 e. The molecule has 0 saturated heterocycles. The van der Waals surface area contributed by atoms with Gasteiger partial charge in [0.1, 0.15) is 0 Å². The largest absolute Gasteiger partial charge is 0.393 e. The molecule has 1 atom stereocenters. The Hall–Kier alpha value is -1.53. The molecule has 108 valence electrons. The van der Waals surface area contributed by atoms with Gasteiger partial charge in [0.05, 0.1) is 11.6 Å². The standard InChI is InChI=1S/C14H19N3O2S/c1-10(18)7-9-16(2)13(19)12-11-6-4-5-8-17(11)14(15-12)20-3/h4-6,8,10,18H,7,9H2,1-3H3. The lowest BCUT2D eigenvalue weighted by Gasteiger charge is -2.16. The minimum atomic E-state index is -0.411. The first-order valence-electron chi connectivity index (χ1n) is 6.49. The molecule has 2 aromatic rings. The molecule has 6 heteroatoms. The molecule has 20 heavy (non-hydrogen) atoms. The van der Waals surface area contributed by atoms with Crippen LogP contribution in [0.15, 0.2) is 29.6 Å². The van der Waals surface area contributed by atoms with Crippen LogP contribution in [0.5, 0.6) is 0 Å². The van der Waals surface area contributed by atoms with Crippen LogP contribution in [0.3, 0.4) is 0 Å². The number of carbonyl (C=O) groups is 1. The molecule has 2 heterocycles. The molecule has 0 bridgehead atoms. The minimum Gasteiger partial charge on any atom is -0.393 e. The average molecular weight is 293 g/mol. The van der Waals surface area contributed by atoms with Crippen molar-refractivity contribution in [3.05, 3.63) is 30.1 Å². The highest BCUT2D eigenvalue weighted by Gasteiger charge is 2.20. The van der Waals surface area contributed by atoms with E-state index >= 15 is 0 Å². The quantitative estimate of drug-likeness (QED) is 0.855. The number of imidazole rings is 1. The van der Waals surface area contributed by atoms with Gasteiger partial charge in [0.15, 0.2) is 10.9 Å². The van der Waals surface area contributed by atoms with Crippen molar-refractivity contribution in [2.75, 3.05) is 19.8 Å². The Kier molecular flexibility index (Phi) is 4.67. The van der Waals surface area contributed by atoms with Gasteiger partial charge in [-0.25, -0.2) is 4.98 Å². The van der Waals surface area contributed by atoms with Gasteiger partial charge in [0.25, 0.3) is 5.91 Å². The number of carbonyl (C=O) groups excluding carboxylic acids is 1. The molecular formula is C14H19N3O2S. The number of pyridine rings is 1. The maximum atomic E-state index is 12.5. The molecule has 0 aliphatic carbocycles. The van der Waals surface area contributed by atoms with E-state index in [0.717, 1.165) is 10.7 Å². The summed E-state index contributed by atoms with van der Waals surface area (Å²) in [6, 6.07) is 5.70. The fourth-order valence-corrected chi connectivity index (χ4v) is 2.51. The Morgan fingerprint density at radius 2 is 2.30 bits per heavy atom. The molecule has 0 aromatic carbocycles. The van der Waals surface area contributed by atoms with E-state index in [-0.39, 0.29) is 5.91 Å². The van der Waals surface area contributed by atoms with Crippen LogP contribution in [0.4, 0.5) is 0 Å². The van der Waals surface area contributed by atoms with Gasteiger partial charge in [-0.1, -0.05) is 17.8 Å². The number of fused-ring (bicyclic) bond motifs is 1. The number of thioether (sulfide) groups is 1. The molecule has 0 aliphatic rings. The van der Waals surface area contributed by atoms with Gasteiger partial charge in [-0.05, 0) is 31.7 Å². The topological polar surface area (TPSA) is 57.8 Å². The Morgan fingerprint density at radius 1 is 1.55 bits per heavy atom. The highest BCUT2D eigenvalue weighted by molar-refractivity contribution is 7.98. The van der Waals surface area contributed by atoms with Crippen LogP contribution >= 0.6 is 11.8 Å². The molecule has 0 fully saturated rings. The Balaban J connectivity index is 2.30. The molecule has 0 spiro atoms. The number of rotatable bonds is 5. The number of aromatic nitrogens is 2. The van der Waals surface area contributed by atoms with Crippen molar-refractivity contribution in [3.8, 4) is 0 Å². The molecule has 1 unspecified atom stereocenters. The van der Waals surface area contributed by atoms with E-state index in [9.17, 15) is 9.90 Å². The van der Waals surface area contributed by atoms with Crippen molar-refractivity contribution in [1.29, 1.82) is 0 Å². The Labute approximate surface area is 122 Å². The molecule has 0 radical (unpaired) electrons. The number of nitrogens with zero attached hydrogens (tertiary/aromatic N) is 3. The van der Waals surface area contributed by atoms with Crippen molar-refractivity contribution >= 4 is 23.2 Å². The van der Waals surface area contributed by atoms with Gasteiger partial charge in [-0.2, -0.15) is 0 Å². The normalized spacial score (nSPS) is 12.6. The zero-order valence-corrected chi connectivity index (χ0v) is 12.7. The Bertz CT molecular complexity index is 609. The third kappa shape index (κ3) is 2.96. The summed E-state index contributed by atoms with van der Waals surface area (Å²) >= 11 is 1.51. The summed E-state index contributed by atoms with van der Waals surface area (Å²) in [4.78, 5) is 18.5. The number of aliphatic hydroxyl groups excluding tert-OH is 1. The zero-order chi connectivity index (χ0) is 14.7. The van der Waals surface area contributed by atoms with Crippen molar-refractivity contribution in [3.63, 3.8) is 0 Å². The third-order valence-electron chi connectivity index (χ3n) is 3.13. The van der Waals surface area contributed by atoms with Crippen molar-refractivity contribution in [2.45, 2.75) is 24.6 Å². The zero-order valence-electron chi connectivity index (χ0n) is 11.9. The lowest BCUT2D eigenvalue weighted by molar-refractivity contribution is 0.0765. The fraction of sp³-hybridized carbons (Fsp3) is 0.429. The third-order valence-corrected chi connectivity index (χ3v) is 3.78. The highest BCUT2D eigenvalue weighted by atomic mass is 32.2. The predicted octanol–water partition coefficient (Wildman–Crippen LogP) is 1.90. The summed E-state index contributed by atoms with van der Waals surface area (Å²) in [5.74, 6) is -0.116. The van der Waals surface area contributed by atoms with E-state index in [0.29, 0.717) is 18.7 Å². The summed E-state index contributed by atoms with van der Waals surface area (Å²) in [5.41, 5.74) is 1.27. The van der Waals surface area contributed by atoms with Gasteiger partial charge in [0.2, 0.25) is 0 Å². The molecule has 1 N–H and O–H groups in total. The SMILES string of the molecule is CSc1nc(C(=O)N(C)CCC(C)O)c2ccccn12. The van der Waals surface area contributed by atoms with Gasteiger partial charge in [-0.15, -0.1) is 0 Å². The van der Waals surface area contributed by atoms with Gasteiger partial charge in [-0.3, -0.25) is 9.20 Å². The van der Waals surface area contributed by atoms with Crippen molar-refractivity contribution in [1.82, 2.24) is 14.3 Å². The average Bonchev–Trinajstić information content (AvgIpc) is 2.82. The van der Waals surface area contributed by atoms with Crippen LogP contribution in [0, 0.1) is 0 Å². The van der Waals surface area contributed by atoms with E-state index in [2.05, 4.69) is 4.98 Å². The predicted molar refractivity (Wildman–Crippen MR) is 80.2 cm³/mol. The highest BCUT2D eigenvalue weighted by Crippen LogP contribution is 2.20. The van der Waals surface area contributed by atoms with E-state index in [1.54, 1.807) is 18.9 Å². The van der Waals surface area contributed by atoms with Gasteiger partial charge >= 0.3 is 0 Å². The van der Waals surface area contributed by atoms with E-state index in [1.807, 2.05) is 35.1 Å². The maximum absolute atomic E-state index is 12.5. The summed E-state index contributed by atoms with van der Waals surface area (Å²) in [5, 5.41) is 10.1. The molecule has 2 rings (SSSR count). The summed E-state index contributed by atoms with van der Waals surface area (Å²) in [7, 11) is 1.73. The lowest BCUT2D eigenvalue weighted by Crippen LogP contribution is -2.29. The number of amides is 1. The molecular weight excluding hydrogens is 274 g/mol. The molecule has 0 saturated carbocycles. The monoisotopic (exact) mass is 293 g/mol. The number of hydrogen-bond donors (Lipinski definition) is 1. The Morgan fingerprint density at radius 3 is 2.95 bits per heavy atom. The fourth-order valence-electron chi connectivity index (χ4n) is 1.97. The number of hydrogen-bond acceptors (Lipinski definition) is 4. The van der Waals surface area contributed by atoms with Crippen molar-refractivity contribution < 1.29 is 9.90 Å². The second-order valence-corrected chi connectivity index (χ2v) is 5.54. The first kappa shape index (κ1) is 14.9. The van der Waals surface area contributed by atoms with E-state index in [1.165, 1.54) is 11.8 Å². The van der Waals surface area contributed by atoms with Crippen molar-refractivity contribution in [2.24, 2.45) is 0 Å². The maximum Gasteiger partial charge on any atom is 0.274 e. The van der Waals surface area contributed by atoms with Crippen LogP contribution in [0.1, 0.15) is 23.8 Å². The van der Waals surface area contributed by atoms with E-state index < -0.39 is 6.10 Å². The molecule has 1 amide bonds. The molecule has 2 aromatic heterocycles. The van der Waals surface area contributed by atoms with Crippen LogP contribution in [-0.4, -0.2) is 51.3 Å². The second-order valence-electron chi connectivity index (χ2n) is 4.77. The van der Waals surface area contributed by atoms with Gasteiger partial charge < -0.3 is 10.0 Å². The summed E-state index contributed by atoms with van der Waals surface area (Å²) in [6.45, 7) is 2.23. The van der Waals surface area contributed by atoms with Crippen LogP contribution in [-0.2, 0) is 0 Å². The summed E-state index contributed by atoms with van der Waals surface area (Å²) < 4.78 is 1.92. The van der Waals surface area contributed by atoms with E-state index in [4.69, 9.17) is 0 Å². The summed E-state index contributed by atoms with van der Waals surface area (Å²) in [6.07, 6.45) is 3.99. The second kappa shape index (κ2) is 6.28. The van der Waals surface area contributed by atoms with Crippen LogP contribution in [0.2, 0.25) is 0 Å². The molecule has 5 nitrogen and oxygen atoms in total. The van der Waals surface area contributed by atoms with Crippen LogP contribution < -0.4 is 0 Å². The lowest BCUT2D eigenvalue weighted by atomic mass is 10.2. The van der Waals surface area contributed by atoms with Gasteiger partial charge in [0, 0.05) is 19.8 Å². The first-order chi connectivity index (χ1) is 9.54. The number of aliphatic hydroxyl groups is 1. The van der Waals surface area contributed by atoms with Crippen LogP contribution in [0.25, 0.3) is 5.52 Å². The molecule has 0 aliphatic heterocycles. The minimum absolute atomic E-state index is 0.116.